The molecule has 0 aliphatic heterocycles. The van der Waals surface area contributed by atoms with Crippen LogP contribution < -0.4 is 4.74 Å². The Labute approximate surface area is 109 Å². The van der Waals surface area contributed by atoms with E-state index in [2.05, 4.69) is 15.9 Å². The predicted octanol–water partition coefficient (Wildman–Crippen LogP) is 2.78. The first-order valence-corrected chi connectivity index (χ1v) is 6.27. The molecule has 4 nitrogen and oxygen atoms in total. The number of ether oxygens (including phenoxy) is 1. The Balaban J connectivity index is 2.78. The normalized spacial score (nSPS) is 10.1. The molecule has 0 aliphatic carbocycles. The fourth-order valence-electron chi connectivity index (χ4n) is 1.37. The van der Waals surface area contributed by atoms with Crippen molar-refractivity contribution in [2.75, 3.05) is 13.1 Å². The zero-order valence-corrected chi connectivity index (χ0v) is 11.5. The molecule has 1 aromatic carbocycles. The van der Waals surface area contributed by atoms with E-state index in [1.165, 1.54) is 0 Å². The zero-order valence-electron chi connectivity index (χ0n) is 9.94. The molecule has 1 rings (SSSR count). The fraction of sp³-hybridized carbons (Fsp3) is 0.417. The molecule has 1 N–H and O–H groups in total. The van der Waals surface area contributed by atoms with Crippen molar-refractivity contribution in [2.45, 2.75) is 20.5 Å². The molecule has 1 amide bonds. The molecule has 0 saturated heterocycles. The summed E-state index contributed by atoms with van der Waals surface area (Å²) >= 11 is 3.30. The highest BCUT2D eigenvalue weighted by Gasteiger charge is 2.13. The van der Waals surface area contributed by atoms with Crippen molar-refractivity contribution in [3.8, 4) is 5.75 Å². The SMILES string of the molecule is CCN(CC)C(=O)Oc1ccc(CO)cc1Br. The molecular weight excluding hydrogens is 286 g/mol. The van der Waals surface area contributed by atoms with E-state index in [-0.39, 0.29) is 12.7 Å². The smallest absolute Gasteiger partial charge is 0.409 e. The number of rotatable bonds is 4. The van der Waals surface area contributed by atoms with Crippen LogP contribution in [0.3, 0.4) is 0 Å². The van der Waals surface area contributed by atoms with Crippen LogP contribution in [0.5, 0.6) is 5.75 Å². The van der Waals surface area contributed by atoms with Crippen molar-refractivity contribution < 1.29 is 14.6 Å². The average Bonchev–Trinajstić information content (AvgIpc) is 2.33. The van der Waals surface area contributed by atoms with Crippen molar-refractivity contribution in [3.63, 3.8) is 0 Å². The highest BCUT2D eigenvalue weighted by molar-refractivity contribution is 9.10. The number of hydrogen-bond donors (Lipinski definition) is 1. The molecular formula is C12H16BrNO3. The van der Waals surface area contributed by atoms with Crippen molar-refractivity contribution in [3.05, 3.63) is 28.2 Å². The highest BCUT2D eigenvalue weighted by atomic mass is 79.9. The Morgan fingerprint density at radius 3 is 2.53 bits per heavy atom. The first-order chi connectivity index (χ1) is 8.12. The summed E-state index contributed by atoms with van der Waals surface area (Å²) in [5.74, 6) is 0.458. The van der Waals surface area contributed by atoms with Crippen LogP contribution in [-0.2, 0) is 6.61 Å². The van der Waals surface area contributed by atoms with Gasteiger partial charge in [-0.05, 0) is 47.5 Å². The second kappa shape index (κ2) is 6.61. The molecule has 0 bridgehead atoms. The van der Waals surface area contributed by atoms with Crippen molar-refractivity contribution in [1.82, 2.24) is 4.90 Å². The summed E-state index contributed by atoms with van der Waals surface area (Å²) in [4.78, 5) is 13.3. The van der Waals surface area contributed by atoms with E-state index in [0.717, 1.165) is 5.56 Å². The number of nitrogens with zero attached hydrogens (tertiary/aromatic N) is 1. The number of aliphatic hydroxyl groups excluding tert-OH is 1. The van der Waals surface area contributed by atoms with Crippen LogP contribution in [-0.4, -0.2) is 29.2 Å². The van der Waals surface area contributed by atoms with Gasteiger partial charge in [-0.3, -0.25) is 0 Å². The van der Waals surface area contributed by atoms with Gasteiger partial charge < -0.3 is 14.7 Å². The van der Waals surface area contributed by atoms with Crippen LogP contribution in [0.4, 0.5) is 4.79 Å². The Hall–Kier alpha value is -1.07. The Morgan fingerprint density at radius 2 is 2.06 bits per heavy atom. The first-order valence-electron chi connectivity index (χ1n) is 5.48. The molecule has 0 saturated carbocycles. The van der Waals surface area contributed by atoms with E-state index in [0.29, 0.717) is 23.3 Å². The summed E-state index contributed by atoms with van der Waals surface area (Å²) in [5, 5.41) is 8.96. The van der Waals surface area contributed by atoms with Crippen LogP contribution in [0, 0.1) is 0 Å². The maximum atomic E-state index is 11.7. The van der Waals surface area contributed by atoms with Gasteiger partial charge in [-0.2, -0.15) is 0 Å². The minimum atomic E-state index is -0.368. The number of carbonyl (C=O) groups is 1. The van der Waals surface area contributed by atoms with E-state index < -0.39 is 0 Å². The van der Waals surface area contributed by atoms with E-state index in [9.17, 15) is 4.79 Å². The van der Waals surface area contributed by atoms with Gasteiger partial charge in [-0.15, -0.1) is 0 Å². The Bertz CT molecular complexity index is 391. The van der Waals surface area contributed by atoms with Gasteiger partial charge in [0.05, 0.1) is 11.1 Å². The lowest BCUT2D eigenvalue weighted by Crippen LogP contribution is -2.33. The Kier molecular flexibility index (Phi) is 5.44. The minimum Gasteiger partial charge on any atom is -0.409 e. The summed E-state index contributed by atoms with van der Waals surface area (Å²) in [6, 6.07) is 5.11. The molecule has 0 spiro atoms. The topological polar surface area (TPSA) is 49.8 Å². The number of halogens is 1. The predicted molar refractivity (Wildman–Crippen MR) is 69.0 cm³/mol. The van der Waals surface area contributed by atoms with E-state index >= 15 is 0 Å². The van der Waals surface area contributed by atoms with Gasteiger partial charge in [0.25, 0.3) is 0 Å². The summed E-state index contributed by atoms with van der Waals surface area (Å²) in [5.41, 5.74) is 0.763. The minimum absolute atomic E-state index is 0.0388. The van der Waals surface area contributed by atoms with Gasteiger partial charge in [-0.25, -0.2) is 4.79 Å². The average molecular weight is 302 g/mol. The maximum Gasteiger partial charge on any atom is 0.415 e. The first kappa shape index (κ1) is 14.0. The zero-order chi connectivity index (χ0) is 12.8. The third kappa shape index (κ3) is 3.71. The van der Waals surface area contributed by atoms with E-state index in [1.807, 2.05) is 13.8 Å². The van der Waals surface area contributed by atoms with Crippen LogP contribution in [0.15, 0.2) is 22.7 Å². The van der Waals surface area contributed by atoms with Crippen LogP contribution in [0.1, 0.15) is 19.4 Å². The van der Waals surface area contributed by atoms with Gasteiger partial charge in [0.2, 0.25) is 0 Å². The van der Waals surface area contributed by atoms with Gasteiger partial charge in [0.1, 0.15) is 5.75 Å². The molecule has 0 heterocycles. The molecule has 0 aromatic heterocycles. The molecule has 17 heavy (non-hydrogen) atoms. The molecule has 94 valence electrons. The summed E-state index contributed by atoms with van der Waals surface area (Å²) < 4.78 is 5.90. The molecule has 0 fully saturated rings. The standard InChI is InChI=1S/C12H16BrNO3/c1-3-14(4-2)12(16)17-11-6-5-9(8-15)7-10(11)13/h5-7,15H,3-4,8H2,1-2H3. The Morgan fingerprint density at radius 1 is 1.41 bits per heavy atom. The summed E-state index contributed by atoms with van der Waals surface area (Å²) in [7, 11) is 0. The number of carbonyl (C=O) groups excluding carboxylic acids is 1. The van der Waals surface area contributed by atoms with Crippen LogP contribution in [0.25, 0.3) is 0 Å². The lowest BCUT2D eigenvalue weighted by molar-refractivity contribution is 0.157. The number of benzene rings is 1. The largest absolute Gasteiger partial charge is 0.415 e. The van der Waals surface area contributed by atoms with Gasteiger partial charge in [-0.1, -0.05) is 6.07 Å². The van der Waals surface area contributed by atoms with Gasteiger partial charge in [0, 0.05) is 13.1 Å². The highest BCUT2D eigenvalue weighted by Crippen LogP contribution is 2.26. The van der Waals surface area contributed by atoms with Crippen LogP contribution in [0.2, 0.25) is 0 Å². The second-order valence-electron chi connectivity index (χ2n) is 3.46. The molecule has 5 heteroatoms. The number of hydrogen-bond acceptors (Lipinski definition) is 3. The monoisotopic (exact) mass is 301 g/mol. The number of aliphatic hydroxyl groups is 1. The van der Waals surface area contributed by atoms with E-state index in [1.54, 1.807) is 23.1 Å². The van der Waals surface area contributed by atoms with Crippen LogP contribution >= 0.6 is 15.9 Å². The third-order valence-corrected chi connectivity index (χ3v) is 3.02. The lowest BCUT2D eigenvalue weighted by atomic mass is 10.2. The fourth-order valence-corrected chi connectivity index (χ4v) is 1.87. The lowest BCUT2D eigenvalue weighted by Gasteiger charge is -2.18. The van der Waals surface area contributed by atoms with Crippen molar-refractivity contribution >= 4 is 22.0 Å². The maximum absolute atomic E-state index is 11.7. The van der Waals surface area contributed by atoms with Crippen molar-refractivity contribution in [1.29, 1.82) is 0 Å². The third-order valence-electron chi connectivity index (χ3n) is 2.40. The summed E-state index contributed by atoms with van der Waals surface area (Å²) in [6.45, 7) is 4.98. The molecule has 0 atom stereocenters. The molecule has 1 aromatic rings. The number of amides is 1. The quantitative estimate of drug-likeness (QED) is 0.930. The second-order valence-corrected chi connectivity index (χ2v) is 4.32. The van der Waals surface area contributed by atoms with Gasteiger partial charge >= 0.3 is 6.09 Å². The molecule has 0 unspecified atom stereocenters. The van der Waals surface area contributed by atoms with Gasteiger partial charge in [0.15, 0.2) is 0 Å². The van der Waals surface area contributed by atoms with Crippen molar-refractivity contribution in [2.24, 2.45) is 0 Å². The molecule has 0 aliphatic rings. The summed E-state index contributed by atoms with van der Waals surface area (Å²) in [6.07, 6.45) is -0.368. The van der Waals surface area contributed by atoms with E-state index in [4.69, 9.17) is 9.84 Å². The molecule has 0 radical (unpaired) electrons.